The molecule has 5 nitrogen and oxygen atoms in total. The van der Waals surface area contributed by atoms with E-state index >= 15 is 0 Å². The van der Waals surface area contributed by atoms with Gasteiger partial charge in [0.2, 0.25) is 5.88 Å². The minimum Gasteiger partial charge on any atom is -0.480 e. The number of pyridine rings is 1. The first kappa shape index (κ1) is 9.31. The molecule has 1 aromatic heterocycles. The van der Waals surface area contributed by atoms with Crippen molar-refractivity contribution in [2.75, 3.05) is 20.0 Å². The number of aromatic nitrogens is 1. The van der Waals surface area contributed by atoms with Crippen LogP contribution in [0.5, 0.6) is 5.88 Å². The summed E-state index contributed by atoms with van der Waals surface area (Å²) in [6.45, 7) is 0. The van der Waals surface area contributed by atoms with Crippen LogP contribution in [0.15, 0.2) is 12.1 Å². The third-order valence-electron chi connectivity index (χ3n) is 1.48. The number of hydrogen-bond acceptors (Lipinski definition) is 5. The summed E-state index contributed by atoms with van der Waals surface area (Å²) in [6.07, 6.45) is 0. The van der Waals surface area contributed by atoms with Crippen LogP contribution in [0.3, 0.4) is 0 Å². The number of nitrogens with two attached hydrogens (primary N) is 1. The van der Waals surface area contributed by atoms with Gasteiger partial charge in [0.15, 0.2) is 5.69 Å². The highest BCUT2D eigenvalue weighted by molar-refractivity contribution is 5.87. The van der Waals surface area contributed by atoms with Crippen LogP contribution in [0.1, 0.15) is 10.5 Å². The smallest absolute Gasteiger partial charge is 0.356 e. The van der Waals surface area contributed by atoms with E-state index in [1.165, 1.54) is 26.4 Å². The standard InChI is InChI=1S/C8H10N2O3/c1-12-7-5(9)3-4-6(10-7)8(11)13-2/h3-4H,9H2,1-2H3. The van der Waals surface area contributed by atoms with Gasteiger partial charge < -0.3 is 15.2 Å². The second kappa shape index (κ2) is 3.75. The largest absolute Gasteiger partial charge is 0.480 e. The van der Waals surface area contributed by atoms with Crippen molar-refractivity contribution in [1.82, 2.24) is 4.98 Å². The van der Waals surface area contributed by atoms with E-state index in [-0.39, 0.29) is 11.6 Å². The van der Waals surface area contributed by atoms with Gasteiger partial charge in [-0.15, -0.1) is 0 Å². The highest BCUT2D eigenvalue weighted by atomic mass is 16.5. The number of anilines is 1. The van der Waals surface area contributed by atoms with Crippen LogP contribution < -0.4 is 10.5 Å². The normalized spacial score (nSPS) is 9.38. The first-order chi connectivity index (χ1) is 6.19. The second-order valence-electron chi connectivity index (χ2n) is 2.29. The van der Waals surface area contributed by atoms with Gasteiger partial charge in [0, 0.05) is 0 Å². The number of methoxy groups -OCH3 is 2. The number of carbonyl (C=O) groups excluding carboxylic acids is 1. The molecular weight excluding hydrogens is 172 g/mol. The zero-order valence-corrected chi connectivity index (χ0v) is 7.40. The quantitative estimate of drug-likeness (QED) is 0.672. The van der Waals surface area contributed by atoms with Gasteiger partial charge in [-0.05, 0) is 12.1 Å². The van der Waals surface area contributed by atoms with Gasteiger partial charge in [-0.2, -0.15) is 0 Å². The molecule has 0 fully saturated rings. The minimum absolute atomic E-state index is 0.175. The lowest BCUT2D eigenvalue weighted by molar-refractivity contribution is 0.0593. The summed E-state index contributed by atoms with van der Waals surface area (Å²) in [4.78, 5) is 14.9. The predicted octanol–water partition coefficient (Wildman–Crippen LogP) is 0.459. The summed E-state index contributed by atoms with van der Waals surface area (Å²) < 4.78 is 9.31. The zero-order valence-electron chi connectivity index (χ0n) is 7.40. The number of hydrogen-bond donors (Lipinski definition) is 1. The Morgan fingerprint density at radius 1 is 1.46 bits per heavy atom. The van der Waals surface area contributed by atoms with Crippen LogP contribution in [-0.2, 0) is 4.74 Å². The summed E-state index contributed by atoms with van der Waals surface area (Å²) in [5.74, 6) is -0.291. The maximum atomic E-state index is 11.0. The lowest BCUT2D eigenvalue weighted by Crippen LogP contribution is -2.06. The lowest BCUT2D eigenvalue weighted by atomic mass is 10.3. The van der Waals surface area contributed by atoms with Crippen molar-refractivity contribution in [1.29, 1.82) is 0 Å². The van der Waals surface area contributed by atoms with Crippen LogP contribution in [0.2, 0.25) is 0 Å². The van der Waals surface area contributed by atoms with E-state index in [1.807, 2.05) is 0 Å². The molecule has 0 aromatic carbocycles. The SMILES string of the molecule is COC(=O)c1ccc(N)c(OC)n1. The highest BCUT2D eigenvalue weighted by Gasteiger charge is 2.09. The van der Waals surface area contributed by atoms with Crippen molar-refractivity contribution in [3.63, 3.8) is 0 Å². The van der Waals surface area contributed by atoms with Crippen LogP contribution in [0.4, 0.5) is 5.69 Å². The highest BCUT2D eigenvalue weighted by Crippen LogP contribution is 2.17. The third kappa shape index (κ3) is 1.87. The Labute approximate surface area is 75.5 Å². The molecule has 0 unspecified atom stereocenters. The van der Waals surface area contributed by atoms with Crippen LogP contribution >= 0.6 is 0 Å². The van der Waals surface area contributed by atoms with Gasteiger partial charge in [-0.1, -0.05) is 0 Å². The van der Waals surface area contributed by atoms with Crippen LogP contribution in [-0.4, -0.2) is 25.2 Å². The summed E-state index contributed by atoms with van der Waals surface area (Å²) >= 11 is 0. The first-order valence-corrected chi connectivity index (χ1v) is 3.58. The Bertz CT molecular complexity index is 325. The summed E-state index contributed by atoms with van der Waals surface area (Å²) in [5.41, 5.74) is 6.06. The summed E-state index contributed by atoms with van der Waals surface area (Å²) in [6, 6.07) is 3.02. The molecule has 0 amide bonds. The fraction of sp³-hybridized carbons (Fsp3) is 0.250. The zero-order chi connectivity index (χ0) is 9.84. The molecule has 0 aliphatic heterocycles. The van der Waals surface area contributed by atoms with Crippen molar-refractivity contribution in [3.05, 3.63) is 17.8 Å². The molecule has 0 spiro atoms. The molecule has 13 heavy (non-hydrogen) atoms. The molecule has 0 aliphatic rings. The van der Waals surface area contributed by atoms with Crippen LogP contribution in [0.25, 0.3) is 0 Å². The average molecular weight is 182 g/mol. The third-order valence-corrected chi connectivity index (χ3v) is 1.48. The Hall–Kier alpha value is -1.78. The van der Waals surface area contributed by atoms with Gasteiger partial charge >= 0.3 is 5.97 Å². The first-order valence-electron chi connectivity index (χ1n) is 3.58. The molecule has 0 bridgehead atoms. The van der Waals surface area contributed by atoms with Crippen molar-refractivity contribution in [3.8, 4) is 5.88 Å². The second-order valence-corrected chi connectivity index (χ2v) is 2.29. The van der Waals surface area contributed by atoms with Gasteiger partial charge in [0.25, 0.3) is 0 Å². The number of esters is 1. The van der Waals surface area contributed by atoms with E-state index < -0.39 is 5.97 Å². The van der Waals surface area contributed by atoms with E-state index in [4.69, 9.17) is 10.5 Å². The fourth-order valence-corrected chi connectivity index (χ4v) is 0.833. The van der Waals surface area contributed by atoms with Gasteiger partial charge in [-0.25, -0.2) is 9.78 Å². The Kier molecular flexibility index (Phi) is 2.69. The Morgan fingerprint density at radius 3 is 2.69 bits per heavy atom. The summed E-state index contributed by atoms with van der Waals surface area (Å²) in [7, 11) is 2.71. The summed E-state index contributed by atoms with van der Waals surface area (Å²) in [5, 5.41) is 0. The number of nitrogen functional groups attached to an aromatic ring is 1. The average Bonchev–Trinajstić information content (AvgIpc) is 2.17. The van der Waals surface area contributed by atoms with Crippen molar-refractivity contribution in [2.45, 2.75) is 0 Å². The van der Waals surface area contributed by atoms with E-state index in [0.717, 1.165) is 0 Å². The molecule has 0 saturated heterocycles. The maximum Gasteiger partial charge on any atom is 0.356 e. The number of rotatable bonds is 2. The Balaban J connectivity index is 3.06. The molecule has 70 valence electrons. The van der Waals surface area contributed by atoms with E-state index in [2.05, 4.69) is 9.72 Å². The van der Waals surface area contributed by atoms with Gasteiger partial charge in [-0.3, -0.25) is 0 Å². The monoisotopic (exact) mass is 182 g/mol. The molecule has 5 heteroatoms. The predicted molar refractivity (Wildman–Crippen MR) is 46.5 cm³/mol. The van der Waals surface area contributed by atoms with Crippen LogP contribution in [0, 0.1) is 0 Å². The van der Waals surface area contributed by atoms with Crippen molar-refractivity contribution in [2.24, 2.45) is 0 Å². The van der Waals surface area contributed by atoms with Crippen molar-refractivity contribution >= 4 is 11.7 Å². The maximum absolute atomic E-state index is 11.0. The minimum atomic E-state index is -0.515. The molecule has 2 N–H and O–H groups in total. The number of ether oxygens (including phenoxy) is 2. The molecule has 0 atom stereocenters. The number of nitrogens with zero attached hydrogens (tertiary/aromatic N) is 1. The van der Waals surface area contributed by atoms with Gasteiger partial charge in [0.1, 0.15) is 0 Å². The number of carbonyl (C=O) groups is 1. The molecule has 1 aromatic rings. The molecule has 1 heterocycles. The molecular formula is C8H10N2O3. The van der Waals surface area contributed by atoms with E-state index in [9.17, 15) is 4.79 Å². The van der Waals surface area contributed by atoms with Gasteiger partial charge in [0.05, 0.1) is 19.9 Å². The van der Waals surface area contributed by atoms with E-state index in [0.29, 0.717) is 5.69 Å². The topological polar surface area (TPSA) is 74.4 Å². The Morgan fingerprint density at radius 2 is 2.15 bits per heavy atom. The fourth-order valence-electron chi connectivity index (χ4n) is 0.833. The molecule has 0 radical (unpaired) electrons. The lowest BCUT2D eigenvalue weighted by Gasteiger charge is -2.04. The molecule has 0 aliphatic carbocycles. The molecule has 1 rings (SSSR count). The van der Waals surface area contributed by atoms with Crippen molar-refractivity contribution < 1.29 is 14.3 Å². The molecule has 0 saturated carbocycles. The van der Waals surface area contributed by atoms with E-state index in [1.54, 1.807) is 0 Å².